The predicted octanol–water partition coefficient (Wildman–Crippen LogP) is 1.16. The number of nitrogens with zero attached hydrogens (tertiary/aromatic N) is 4. The lowest BCUT2D eigenvalue weighted by Gasteiger charge is -2.18. The molecule has 7 heteroatoms. The van der Waals surface area contributed by atoms with Crippen LogP contribution >= 0.6 is 11.6 Å². The van der Waals surface area contributed by atoms with Crippen LogP contribution in [0.5, 0.6) is 0 Å². The van der Waals surface area contributed by atoms with Gasteiger partial charge in [-0.25, -0.2) is 0 Å². The Hall–Kier alpha value is -1.14. The van der Waals surface area contributed by atoms with Gasteiger partial charge in [0, 0.05) is 20.1 Å². The molecule has 6 nitrogen and oxygen atoms in total. The molecule has 0 aliphatic rings. The highest BCUT2D eigenvalue weighted by Gasteiger charge is 2.09. The number of anilines is 2. The van der Waals surface area contributed by atoms with E-state index in [0.717, 1.165) is 6.54 Å². The van der Waals surface area contributed by atoms with Crippen LogP contribution in [-0.4, -0.2) is 46.3 Å². The molecule has 1 rings (SSSR count). The van der Waals surface area contributed by atoms with Gasteiger partial charge in [-0.05, 0) is 31.9 Å². The Kier molecular flexibility index (Phi) is 5.37. The molecule has 0 fully saturated rings. The number of aliphatic hydroxyl groups excluding tert-OH is 1. The zero-order valence-electron chi connectivity index (χ0n) is 10.3. The Morgan fingerprint density at radius 2 is 2.12 bits per heavy atom. The fourth-order valence-corrected chi connectivity index (χ4v) is 1.38. The van der Waals surface area contributed by atoms with Crippen LogP contribution < -0.4 is 10.2 Å². The minimum Gasteiger partial charge on any atom is -0.393 e. The molecule has 17 heavy (non-hydrogen) atoms. The molecular formula is C10H18ClN5O. The Morgan fingerprint density at radius 3 is 2.71 bits per heavy atom. The minimum absolute atomic E-state index is 0.162. The maximum absolute atomic E-state index is 9.22. The van der Waals surface area contributed by atoms with Gasteiger partial charge in [0.25, 0.3) is 0 Å². The number of aliphatic hydroxyl groups is 1. The van der Waals surface area contributed by atoms with Gasteiger partial charge >= 0.3 is 0 Å². The first-order valence-electron chi connectivity index (χ1n) is 5.57. The third-order valence-electron chi connectivity index (χ3n) is 2.15. The molecule has 96 valence electrons. The smallest absolute Gasteiger partial charge is 0.231 e. The zero-order valence-corrected chi connectivity index (χ0v) is 11.1. The molecule has 1 aromatic heterocycles. The van der Waals surface area contributed by atoms with Crippen molar-refractivity contribution in [3.05, 3.63) is 5.28 Å². The van der Waals surface area contributed by atoms with Crippen molar-refractivity contribution < 1.29 is 5.11 Å². The van der Waals surface area contributed by atoms with Gasteiger partial charge in [-0.1, -0.05) is 0 Å². The van der Waals surface area contributed by atoms with Crippen molar-refractivity contribution in [2.75, 3.05) is 30.4 Å². The Morgan fingerprint density at radius 1 is 1.41 bits per heavy atom. The summed E-state index contributed by atoms with van der Waals surface area (Å²) in [4.78, 5) is 14.1. The van der Waals surface area contributed by atoms with Crippen LogP contribution in [0.3, 0.4) is 0 Å². The zero-order chi connectivity index (χ0) is 12.8. The summed E-state index contributed by atoms with van der Waals surface area (Å²) in [5.74, 6) is 0.966. The second-order valence-electron chi connectivity index (χ2n) is 3.82. The number of rotatable bonds is 6. The first kappa shape index (κ1) is 13.9. The Labute approximate surface area is 106 Å². The molecule has 0 aliphatic heterocycles. The van der Waals surface area contributed by atoms with Gasteiger partial charge < -0.3 is 15.3 Å². The normalized spacial score (nSPS) is 12.3. The molecule has 1 unspecified atom stereocenters. The van der Waals surface area contributed by atoms with Gasteiger partial charge in [0.05, 0.1) is 6.10 Å². The second kappa shape index (κ2) is 6.56. The maximum Gasteiger partial charge on any atom is 0.231 e. The Balaban J connectivity index is 2.74. The number of halogens is 1. The largest absolute Gasteiger partial charge is 0.393 e. The minimum atomic E-state index is -0.344. The summed E-state index contributed by atoms with van der Waals surface area (Å²) < 4.78 is 0. The molecule has 2 N–H and O–H groups in total. The highest BCUT2D eigenvalue weighted by Crippen LogP contribution is 2.12. The van der Waals surface area contributed by atoms with E-state index in [4.69, 9.17) is 11.6 Å². The highest BCUT2D eigenvalue weighted by atomic mass is 35.5. The van der Waals surface area contributed by atoms with Crippen LogP contribution in [0, 0.1) is 0 Å². The molecule has 0 aromatic carbocycles. The van der Waals surface area contributed by atoms with E-state index in [1.54, 1.807) is 6.92 Å². The number of hydrogen-bond acceptors (Lipinski definition) is 6. The summed E-state index contributed by atoms with van der Waals surface area (Å²) in [6, 6.07) is 0. The second-order valence-corrected chi connectivity index (χ2v) is 4.16. The average Bonchev–Trinajstić information content (AvgIpc) is 2.25. The van der Waals surface area contributed by atoms with Crippen LogP contribution in [0.4, 0.5) is 11.9 Å². The maximum atomic E-state index is 9.22. The van der Waals surface area contributed by atoms with Gasteiger partial charge in [-0.2, -0.15) is 15.0 Å². The molecule has 0 spiro atoms. The molecule has 1 heterocycles. The first-order valence-corrected chi connectivity index (χ1v) is 5.95. The fourth-order valence-electron chi connectivity index (χ4n) is 1.23. The highest BCUT2D eigenvalue weighted by molar-refractivity contribution is 6.28. The monoisotopic (exact) mass is 259 g/mol. The number of nitrogens with one attached hydrogen (secondary N) is 1. The van der Waals surface area contributed by atoms with Crippen molar-refractivity contribution in [1.82, 2.24) is 15.0 Å². The molecule has 0 bridgehead atoms. The van der Waals surface area contributed by atoms with E-state index in [2.05, 4.69) is 20.3 Å². The molecule has 0 radical (unpaired) electrons. The Bertz CT molecular complexity index is 361. The van der Waals surface area contributed by atoms with E-state index in [-0.39, 0.29) is 11.4 Å². The van der Waals surface area contributed by atoms with Crippen molar-refractivity contribution in [2.45, 2.75) is 26.4 Å². The molecule has 0 saturated carbocycles. The quantitative estimate of drug-likeness (QED) is 0.799. The standard InChI is InChI=1S/C10H18ClN5O/c1-4-12-9-13-8(11)14-10(15-9)16(3)6-5-7(2)17/h7,17H,4-6H2,1-3H3,(H,12,13,14,15). The number of hydrogen-bond donors (Lipinski definition) is 2. The van der Waals surface area contributed by atoms with Crippen molar-refractivity contribution in [3.63, 3.8) is 0 Å². The van der Waals surface area contributed by atoms with Gasteiger partial charge in [0.2, 0.25) is 17.2 Å². The molecular weight excluding hydrogens is 242 g/mol. The molecule has 0 saturated heterocycles. The van der Waals surface area contributed by atoms with Crippen molar-refractivity contribution in [3.8, 4) is 0 Å². The number of aromatic nitrogens is 3. The van der Waals surface area contributed by atoms with Gasteiger partial charge in [0.1, 0.15) is 0 Å². The van der Waals surface area contributed by atoms with Crippen molar-refractivity contribution in [2.24, 2.45) is 0 Å². The summed E-state index contributed by atoms with van der Waals surface area (Å²) >= 11 is 5.81. The predicted molar refractivity (Wildman–Crippen MR) is 68.6 cm³/mol. The lowest BCUT2D eigenvalue weighted by atomic mass is 10.3. The van der Waals surface area contributed by atoms with Crippen LogP contribution in [0.25, 0.3) is 0 Å². The van der Waals surface area contributed by atoms with Crippen LogP contribution in [0.2, 0.25) is 5.28 Å². The SMILES string of the molecule is CCNc1nc(Cl)nc(N(C)CCC(C)O)n1. The van der Waals surface area contributed by atoms with E-state index in [9.17, 15) is 5.11 Å². The third-order valence-corrected chi connectivity index (χ3v) is 2.32. The van der Waals surface area contributed by atoms with E-state index in [1.807, 2.05) is 18.9 Å². The van der Waals surface area contributed by atoms with Crippen LogP contribution in [0.1, 0.15) is 20.3 Å². The van der Waals surface area contributed by atoms with Crippen molar-refractivity contribution >= 4 is 23.5 Å². The van der Waals surface area contributed by atoms with Crippen molar-refractivity contribution in [1.29, 1.82) is 0 Å². The summed E-state index contributed by atoms with van der Waals surface area (Å²) in [6.07, 6.45) is 0.305. The van der Waals surface area contributed by atoms with Crippen LogP contribution in [0.15, 0.2) is 0 Å². The lowest BCUT2D eigenvalue weighted by Crippen LogP contribution is -2.24. The topological polar surface area (TPSA) is 74.2 Å². The summed E-state index contributed by atoms with van der Waals surface area (Å²) in [5.41, 5.74) is 0. The molecule has 1 aromatic rings. The summed E-state index contributed by atoms with van der Waals surface area (Å²) in [7, 11) is 1.85. The molecule has 1 atom stereocenters. The third kappa shape index (κ3) is 4.70. The van der Waals surface area contributed by atoms with E-state index >= 15 is 0 Å². The van der Waals surface area contributed by atoms with Gasteiger partial charge in [0.15, 0.2) is 0 Å². The van der Waals surface area contributed by atoms with E-state index in [1.165, 1.54) is 0 Å². The summed E-state index contributed by atoms with van der Waals surface area (Å²) in [5, 5.41) is 12.4. The molecule has 0 aliphatic carbocycles. The van der Waals surface area contributed by atoms with E-state index in [0.29, 0.717) is 24.9 Å². The lowest BCUT2D eigenvalue weighted by molar-refractivity contribution is 0.186. The average molecular weight is 260 g/mol. The molecule has 0 amide bonds. The fraction of sp³-hybridized carbons (Fsp3) is 0.700. The van der Waals surface area contributed by atoms with Crippen LogP contribution in [-0.2, 0) is 0 Å². The summed E-state index contributed by atoms with van der Waals surface area (Å²) in [6.45, 7) is 5.08. The first-order chi connectivity index (χ1) is 8.02. The van der Waals surface area contributed by atoms with Gasteiger partial charge in [-0.15, -0.1) is 0 Å². The van der Waals surface area contributed by atoms with E-state index < -0.39 is 0 Å². The van der Waals surface area contributed by atoms with Gasteiger partial charge in [-0.3, -0.25) is 0 Å².